The summed E-state index contributed by atoms with van der Waals surface area (Å²) in [6.07, 6.45) is 6.23. The molecular weight excluding hydrogens is 568 g/mol. The number of nitrogens with zero attached hydrogens (tertiary/aromatic N) is 3. The lowest BCUT2D eigenvalue weighted by atomic mass is 9.95. The molecule has 1 aliphatic rings. The van der Waals surface area contributed by atoms with Crippen LogP contribution in [0.2, 0.25) is 0 Å². The van der Waals surface area contributed by atoms with E-state index < -0.39 is 5.97 Å². The molecule has 0 spiro atoms. The van der Waals surface area contributed by atoms with Crippen LogP contribution in [0.25, 0.3) is 22.2 Å². The van der Waals surface area contributed by atoms with E-state index in [0.29, 0.717) is 41.6 Å². The molecule has 1 aliphatic carbocycles. The zero-order valence-corrected chi connectivity index (χ0v) is 25.7. The fourth-order valence-corrected chi connectivity index (χ4v) is 6.11. The van der Waals surface area contributed by atoms with E-state index in [0.717, 1.165) is 64.7 Å². The number of nitrogens with one attached hydrogen (secondary N) is 1. The van der Waals surface area contributed by atoms with Gasteiger partial charge in [-0.05, 0) is 48.2 Å². The second kappa shape index (κ2) is 13.2. The van der Waals surface area contributed by atoms with Crippen LogP contribution >= 0.6 is 0 Å². The van der Waals surface area contributed by atoms with Gasteiger partial charge in [0.25, 0.3) is 5.91 Å². The third-order valence-electron chi connectivity index (χ3n) is 8.48. The summed E-state index contributed by atoms with van der Waals surface area (Å²) in [5.74, 6) is 0.901. The maximum Gasteiger partial charge on any atom is 0.342 e. The molecule has 0 aliphatic heterocycles. The Hall–Kier alpha value is -5.18. The molecule has 9 heteroatoms. The Bertz CT molecular complexity index is 1820. The first kappa shape index (κ1) is 29.9. The SMILES string of the molecule is COC(=O)c1c(-c2ccc(CNC(=O)c3ccccc3OC)cc2)nc(C2CCCC2)c2cnn(Cc3ccc(OC)cc3)c12. The van der Waals surface area contributed by atoms with E-state index in [9.17, 15) is 9.59 Å². The maximum atomic E-state index is 13.5. The lowest BCUT2D eigenvalue weighted by molar-refractivity contribution is 0.0602. The molecule has 0 bridgehead atoms. The highest BCUT2D eigenvalue weighted by atomic mass is 16.5. The van der Waals surface area contributed by atoms with Gasteiger partial charge in [-0.15, -0.1) is 0 Å². The monoisotopic (exact) mass is 604 g/mol. The minimum absolute atomic E-state index is 0.219. The second-order valence-corrected chi connectivity index (χ2v) is 11.2. The number of para-hydroxylation sites is 1. The molecule has 3 aromatic carbocycles. The Morgan fingerprint density at radius 1 is 0.889 bits per heavy atom. The Morgan fingerprint density at radius 3 is 2.29 bits per heavy atom. The molecule has 2 aromatic heterocycles. The van der Waals surface area contributed by atoms with E-state index in [1.165, 1.54) is 7.11 Å². The van der Waals surface area contributed by atoms with E-state index in [4.69, 9.17) is 24.3 Å². The summed E-state index contributed by atoms with van der Waals surface area (Å²) in [4.78, 5) is 31.5. The number of aromatic nitrogens is 3. The predicted molar refractivity (Wildman–Crippen MR) is 172 cm³/mol. The summed E-state index contributed by atoms with van der Waals surface area (Å²) in [7, 11) is 4.58. The van der Waals surface area contributed by atoms with E-state index in [1.807, 2.05) is 65.5 Å². The summed E-state index contributed by atoms with van der Waals surface area (Å²) >= 11 is 0. The zero-order valence-electron chi connectivity index (χ0n) is 25.7. The van der Waals surface area contributed by atoms with Crippen LogP contribution in [0.3, 0.4) is 0 Å². The maximum absolute atomic E-state index is 13.5. The zero-order chi connectivity index (χ0) is 31.3. The summed E-state index contributed by atoms with van der Waals surface area (Å²) in [5.41, 5.74) is 5.84. The van der Waals surface area contributed by atoms with Gasteiger partial charge in [0.15, 0.2) is 0 Å². The van der Waals surface area contributed by atoms with Crippen LogP contribution in [0, 0.1) is 0 Å². The largest absolute Gasteiger partial charge is 0.497 e. The van der Waals surface area contributed by atoms with Gasteiger partial charge in [-0.3, -0.25) is 14.5 Å². The first-order valence-electron chi connectivity index (χ1n) is 15.1. The van der Waals surface area contributed by atoms with Crippen molar-refractivity contribution in [3.05, 3.63) is 107 Å². The average Bonchev–Trinajstić information content (AvgIpc) is 3.78. The predicted octanol–water partition coefficient (Wildman–Crippen LogP) is 6.54. The average molecular weight is 605 g/mol. The number of fused-ring (bicyclic) bond motifs is 1. The summed E-state index contributed by atoms with van der Waals surface area (Å²) in [6.45, 7) is 0.797. The summed E-state index contributed by atoms with van der Waals surface area (Å²) in [6, 6.07) is 22.7. The number of benzene rings is 3. The van der Waals surface area contributed by atoms with E-state index in [-0.39, 0.29) is 5.91 Å². The van der Waals surface area contributed by atoms with Gasteiger partial charge >= 0.3 is 5.97 Å². The number of hydrogen-bond acceptors (Lipinski definition) is 7. The van der Waals surface area contributed by atoms with Gasteiger partial charge < -0.3 is 19.5 Å². The van der Waals surface area contributed by atoms with Crippen LogP contribution in [0.1, 0.15) is 69.1 Å². The van der Waals surface area contributed by atoms with Crippen LogP contribution in [0.4, 0.5) is 0 Å². The number of hydrogen-bond donors (Lipinski definition) is 1. The van der Waals surface area contributed by atoms with Crippen molar-refractivity contribution in [2.24, 2.45) is 0 Å². The fourth-order valence-electron chi connectivity index (χ4n) is 6.11. The summed E-state index contributed by atoms with van der Waals surface area (Å²) in [5, 5.41) is 8.61. The Labute approximate surface area is 262 Å². The lowest BCUT2D eigenvalue weighted by Gasteiger charge is -2.17. The quantitative estimate of drug-likeness (QED) is 0.181. The lowest BCUT2D eigenvalue weighted by Crippen LogP contribution is -2.23. The summed E-state index contributed by atoms with van der Waals surface area (Å²) < 4.78 is 17.9. The first-order valence-corrected chi connectivity index (χ1v) is 15.1. The van der Waals surface area contributed by atoms with Gasteiger partial charge in [-0.2, -0.15) is 5.10 Å². The molecule has 1 saturated carbocycles. The molecule has 1 N–H and O–H groups in total. The molecule has 1 amide bonds. The van der Waals surface area contributed by atoms with Crippen molar-refractivity contribution in [2.45, 2.75) is 44.7 Å². The molecule has 0 unspecified atom stereocenters. The van der Waals surface area contributed by atoms with Crippen LogP contribution < -0.4 is 14.8 Å². The first-order chi connectivity index (χ1) is 22.0. The molecule has 45 heavy (non-hydrogen) atoms. The van der Waals surface area contributed by atoms with Crippen molar-refractivity contribution < 1.29 is 23.8 Å². The number of amides is 1. The third kappa shape index (κ3) is 6.11. The smallest absolute Gasteiger partial charge is 0.342 e. The Balaban J connectivity index is 1.38. The van der Waals surface area contributed by atoms with Crippen LogP contribution in [-0.4, -0.2) is 48.0 Å². The van der Waals surface area contributed by atoms with Crippen molar-refractivity contribution in [2.75, 3.05) is 21.3 Å². The van der Waals surface area contributed by atoms with Gasteiger partial charge in [-0.25, -0.2) is 4.79 Å². The van der Waals surface area contributed by atoms with E-state index >= 15 is 0 Å². The second-order valence-electron chi connectivity index (χ2n) is 11.2. The topological polar surface area (TPSA) is 105 Å². The number of rotatable bonds is 10. The van der Waals surface area contributed by atoms with Gasteiger partial charge in [0.1, 0.15) is 17.1 Å². The van der Waals surface area contributed by atoms with Gasteiger partial charge in [0.05, 0.1) is 56.5 Å². The number of esters is 1. The number of methoxy groups -OCH3 is 3. The van der Waals surface area contributed by atoms with Gasteiger partial charge in [0.2, 0.25) is 0 Å². The number of carbonyl (C=O) groups is 2. The van der Waals surface area contributed by atoms with Crippen LogP contribution in [0.15, 0.2) is 79.0 Å². The van der Waals surface area contributed by atoms with Crippen molar-refractivity contribution in [1.82, 2.24) is 20.1 Å². The number of ether oxygens (including phenoxy) is 3. The molecule has 1 fully saturated rings. The molecule has 5 aromatic rings. The normalized spacial score (nSPS) is 13.1. The molecule has 9 nitrogen and oxygen atoms in total. The van der Waals surface area contributed by atoms with E-state index in [1.54, 1.807) is 32.4 Å². The third-order valence-corrected chi connectivity index (χ3v) is 8.48. The molecule has 230 valence electrons. The molecule has 6 rings (SSSR count). The highest BCUT2D eigenvalue weighted by molar-refractivity contribution is 6.08. The fraction of sp³-hybridized carbons (Fsp3) is 0.278. The highest BCUT2D eigenvalue weighted by Gasteiger charge is 2.29. The van der Waals surface area contributed by atoms with Crippen molar-refractivity contribution in [3.63, 3.8) is 0 Å². The minimum Gasteiger partial charge on any atom is -0.497 e. The standard InChI is InChI=1S/C36H36N4O5/c1-43-27-18-14-24(15-19-27)22-40-34-29(21-38-40)32(25-8-4-5-9-25)39-33(31(34)36(42)45-3)26-16-12-23(13-17-26)20-37-35(41)28-10-6-7-11-30(28)44-2/h6-7,10-19,21,25H,4-5,8-9,20,22H2,1-3H3,(H,37,41). The molecule has 0 radical (unpaired) electrons. The molecule has 0 atom stereocenters. The van der Waals surface area contributed by atoms with Crippen molar-refractivity contribution in [1.29, 1.82) is 0 Å². The van der Waals surface area contributed by atoms with Gasteiger partial charge in [0, 0.05) is 23.4 Å². The molecular formula is C36H36N4O5. The minimum atomic E-state index is -0.467. The van der Waals surface area contributed by atoms with Gasteiger partial charge in [-0.1, -0.05) is 61.4 Å². The van der Waals surface area contributed by atoms with Crippen molar-refractivity contribution in [3.8, 4) is 22.8 Å². The van der Waals surface area contributed by atoms with Crippen LogP contribution in [0.5, 0.6) is 11.5 Å². The number of carbonyl (C=O) groups excluding carboxylic acids is 2. The number of pyridine rings is 1. The van der Waals surface area contributed by atoms with Crippen molar-refractivity contribution >= 4 is 22.8 Å². The highest BCUT2D eigenvalue weighted by Crippen LogP contribution is 2.40. The van der Waals surface area contributed by atoms with Crippen LogP contribution in [-0.2, 0) is 17.8 Å². The Morgan fingerprint density at radius 2 is 1.60 bits per heavy atom. The van der Waals surface area contributed by atoms with E-state index in [2.05, 4.69) is 5.32 Å². The Kier molecular flexibility index (Phi) is 8.77. The molecule has 2 heterocycles. The molecule has 0 saturated heterocycles.